The molecule has 0 spiro atoms. The molecule has 1 saturated carbocycles. The summed E-state index contributed by atoms with van der Waals surface area (Å²) >= 11 is 0. The topological polar surface area (TPSA) is 29.1 Å². The molecular formula is C18H27NO. The molecule has 0 heterocycles. The number of hydrogen-bond donors (Lipinski definition) is 1. The predicted molar refractivity (Wildman–Crippen MR) is 84.4 cm³/mol. The van der Waals surface area contributed by atoms with Crippen molar-refractivity contribution in [2.75, 3.05) is 0 Å². The summed E-state index contributed by atoms with van der Waals surface area (Å²) in [5, 5.41) is 3.24. The van der Waals surface area contributed by atoms with Crippen molar-refractivity contribution in [3.8, 4) is 0 Å². The largest absolute Gasteiger partial charge is 0.349 e. The first-order chi connectivity index (χ1) is 9.32. The zero-order chi connectivity index (χ0) is 15.0. The normalized spacial score (nSPS) is 22.1. The van der Waals surface area contributed by atoms with Crippen LogP contribution in [0.5, 0.6) is 0 Å². The van der Waals surface area contributed by atoms with Crippen LogP contribution in [-0.4, -0.2) is 11.9 Å². The highest BCUT2D eigenvalue weighted by Gasteiger charge is 2.25. The van der Waals surface area contributed by atoms with Crippen LogP contribution in [0.2, 0.25) is 0 Å². The summed E-state index contributed by atoms with van der Waals surface area (Å²) in [6, 6.07) is 0.359. The minimum Gasteiger partial charge on any atom is -0.349 e. The fourth-order valence-corrected chi connectivity index (χ4v) is 3.44. The fourth-order valence-electron chi connectivity index (χ4n) is 3.44. The first-order valence-corrected chi connectivity index (χ1v) is 7.70. The highest BCUT2D eigenvalue weighted by Crippen LogP contribution is 2.28. The summed E-state index contributed by atoms with van der Waals surface area (Å²) in [5.41, 5.74) is 6.97. The van der Waals surface area contributed by atoms with Crippen LogP contribution in [0.1, 0.15) is 64.4 Å². The smallest absolute Gasteiger partial charge is 0.252 e. The summed E-state index contributed by atoms with van der Waals surface area (Å²) in [7, 11) is 0. The lowest BCUT2D eigenvalue weighted by Crippen LogP contribution is -2.34. The summed E-state index contributed by atoms with van der Waals surface area (Å²) < 4.78 is 0. The van der Waals surface area contributed by atoms with Crippen molar-refractivity contribution in [2.24, 2.45) is 5.92 Å². The Morgan fingerprint density at radius 2 is 1.40 bits per heavy atom. The molecule has 0 bridgehead atoms. The number of amides is 1. The number of nitrogens with one attached hydrogen (secondary N) is 1. The van der Waals surface area contributed by atoms with E-state index in [1.54, 1.807) is 0 Å². The molecule has 1 N–H and O–H groups in total. The van der Waals surface area contributed by atoms with E-state index in [2.05, 4.69) is 46.9 Å². The van der Waals surface area contributed by atoms with Crippen LogP contribution in [0.25, 0.3) is 0 Å². The van der Waals surface area contributed by atoms with Crippen LogP contribution < -0.4 is 5.32 Å². The second-order valence-corrected chi connectivity index (χ2v) is 6.59. The Kier molecular flexibility index (Phi) is 4.22. The Morgan fingerprint density at radius 3 is 1.85 bits per heavy atom. The number of carbonyl (C=O) groups excluding carboxylic acids is 1. The monoisotopic (exact) mass is 273 g/mol. The average Bonchev–Trinajstić information content (AvgIpc) is 2.79. The molecular weight excluding hydrogens is 246 g/mol. The molecule has 0 radical (unpaired) electrons. The maximum Gasteiger partial charge on any atom is 0.252 e. The van der Waals surface area contributed by atoms with Crippen LogP contribution in [0.4, 0.5) is 0 Å². The van der Waals surface area contributed by atoms with E-state index < -0.39 is 0 Å². The van der Waals surface area contributed by atoms with E-state index in [1.807, 2.05) is 0 Å². The Hall–Kier alpha value is -1.31. The lowest BCUT2D eigenvalue weighted by Gasteiger charge is -2.20. The second-order valence-electron chi connectivity index (χ2n) is 6.59. The molecule has 1 amide bonds. The van der Waals surface area contributed by atoms with E-state index >= 15 is 0 Å². The van der Waals surface area contributed by atoms with Gasteiger partial charge < -0.3 is 5.32 Å². The minimum absolute atomic E-state index is 0.116. The van der Waals surface area contributed by atoms with Crippen LogP contribution >= 0.6 is 0 Å². The van der Waals surface area contributed by atoms with Crippen molar-refractivity contribution in [1.82, 2.24) is 5.32 Å². The van der Waals surface area contributed by atoms with Gasteiger partial charge in [0.05, 0.1) is 0 Å². The quantitative estimate of drug-likeness (QED) is 0.861. The molecule has 0 saturated heterocycles. The van der Waals surface area contributed by atoms with Gasteiger partial charge in [-0.25, -0.2) is 0 Å². The van der Waals surface area contributed by atoms with Gasteiger partial charge in [0.25, 0.3) is 5.91 Å². The molecule has 0 aromatic heterocycles. The van der Waals surface area contributed by atoms with Crippen molar-refractivity contribution < 1.29 is 4.79 Å². The molecule has 1 aliphatic carbocycles. The van der Waals surface area contributed by atoms with Gasteiger partial charge in [-0.15, -0.1) is 0 Å². The van der Waals surface area contributed by atoms with Gasteiger partial charge >= 0.3 is 0 Å². The third-order valence-corrected chi connectivity index (χ3v) is 5.26. The highest BCUT2D eigenvalue weighted by molar-refractivity contribution is 5.98. The standard InChI is InChI=1S/C18H27NO/c1-10-7-8-16(9-10)19-18(20)17-14(5)12(3)11(2)13(4)15(17)6/h10,16H,7-9H2,1-6H3,(H,19,20). The fraction of sp³-hybridized carbons (Fsp3) is 0.611. The Morgan fingerprint density at radius 1 is 0.900 bits per heavy atom. The van der Waals surface area contributed by atoms with Crippen molar-refractivity contribution in [1.29, 1.82) is 0 Å². The van der Waals surface area contributed by atoms with Crippen LogP contribution in [0, 0.1) is 40.5 Å². The van der Waals surface area contributed by atoms with Crippen LogP contribution in [-0.2, 0) is 0 Å². The number of carbonyl (C=O) groups is 1. The molecule has 110 valence electrons. The first-order valence-electron chi connectivity index (χ1n) is 7.70. The van der Waals surface area contributed by atoms with Crippen molar-refractivity contribution in [3.05, 3.63) is 33.4 Å². The molecule has 1 aromatic carbocycles. The van der Waals surface area contributed by atoms with Gasteiger partial charge in [0.15, 0.2) is 0 Å². The summed E-state index contributed by atoms with van der Waals surface area (Å²) in [4.78, 5) is 12.7. The highest BCUT2D eigenvalue weighted by atomic mass is 16.1. The molecule has 2 unspecified atom stereocenters. The Labute approximate surface area is 123 Å². The van der Waals surface area contributed by atoms with Gasteiger partial charge in [-0.3, -0.25) is 4.79 Å². The van der Waals surface area contributed by atoms with Crippen molar-refractivity contribution >= 4 is 5.91 Å². The maximum atomic E-state index is 12.7. The first kappa shape index (κ1) is 15.1. The number of benzene rings is 1. The SMILES string of the molecule is Cc1c(C)c(C)c(C(=O)NC2CCC(C)C2)c(C)c1C. The van der Waals surface area contributed by atoms with Gasteiger partial charge in [0, 0.05) is 11.6 Å². The lowest BCUT2D eigenvalue weighted by atomic mass is 9.89. The van der Waals surface area contributed by atoms with Crippen molar-refractivity contribution in [2.45, 2.75) is 66.8 Å². The average molecular weight is 273 g/mol. The molecule has 20 heavy (non-hydrogen) atoms. The Balaban J connectivity index is 2.30. The van der Waals surface area contributed by atoms with Crippen LogP contribution in [0.3, 0.4) is 0 Å². The van der Waals surface area contributed by atoms with E-state index in [4.69, 9.17) is 0 Å². The van der Waals surface area contributed by atoms with Gasteiger partial charge in [-0.1, -0.05) is 6.92 Å². The van der Waals surface area contributed by atoms with E-state index in [-0.39, 0.29) is 5.91 Å². The zero-order valence-corrected chi connectivity index (χ0v) is 13.7. The van der Waals surface area contributed by atoms with Crippen molar-refractivity contribution in [3.63, 3.8) is 0 Å². The van der Waals surface area contributed by atoms with E-state index in [9.17, 15) is 4.79 Å². The molecule has 1 aliphatic rings. The van der Waals surface area contributed by atoms with E-state index in [1.165, 1.54) is 23.1 Å². The van der Waals surface area contributed by atoms with Gasteiger partial charge in [0.2, 0.25) is 0 Å². The molecule has 1 aromatic rings. The molecule has 2 rings (SSSR count). The molecule has 0 aliphatic heterocycles. The van der Waals surface area contributed by atoms with Gasteiger partial charge in [-0.05, 0) is 87.6 Å². The third-order valence-electron chi connectivity index (χ3n) is 5.26. The third kappa shape index (κ3) is 2.61. The van der Waals surface area contributed by atoms with E-state index in [0.717, 1.165) is 35.4 Å². The van der Waals surface area contributed by atoms with E-state index in [0.29, 0.717) is 6.04 Å². The zero-order valence-electron chi connectivity index (χ0n) is 13.7. The molecule has 1 fully saturated rings. The predicted octanol–water partition coefficient (Wildman–Crippen LogP) is 4.15. The number of hydrogen-bond acceptors (Lipinski definition) is 1. The summed E-state index contributed by atoms with van der Waals surface area (Å²) in [5.74, 6) is 0.856. The molecule has 2 heteroatoms. The number of rotatable bonds is 2. The minimum atomic E-state index is 0.116. The summed E-state index contributed by atoms with van der Waals surface area (Å²) in [6.45, 7) is 12.8. The molecule has 2 nitrogen and oxygen atoms in total. The van der Waals surface area contributed by atoms with Gasteiger partial charge in [0.1, 0.15) is 0 Å². The lowest BCUT2D eigenvalue weighted by molar-refractivity contribution is 0.0936. The maximum absolute atomic E-state index is 12.7. The summed E-state index contributed by atoms with van der Waals surface area (Å²) in [6.07, 6.45) is 3.47. The second kappa shape index (κ2) is 5.59. The van der Waals surface area contributed by atoms with Crippen LogP contribution in [0.15, 0.2) is 0 Å². The Bertz CT molecular complexity index is 516. The molecule has 2 atom stereocenters. The van der Waals surface area contributed by atoms with Gasteiger partial charge in [-0.2, -0.15) is 0 Å².